The maximum absolute atomic E-state index is 15.3. The molecule has 0 fully saturated rings. The van der Waals surface area contributed by atoms with Crippen LogP contribution < -0.4 is 18.3 Å². The monoisotopic (exact) mass is 1540 g/mol. The molecule has 0 unspecified atom stereocenters. The third kappa shape index (κ3) is 14.4. The van der Waals surface area contributed by atoms with Crippen molar-refractivity contribution in [1.29, 1.82) is 0 Å². The molecule has 115 heavy (non-hydrogen) atoms. The van der Waals surface area contributed by atoms with Gasteiger partial charge in [-0.05, 0) is 138 Å². The Morgan fingerprint density at radius 1 is 0.261 bits per heavy atom. The molecule has 578 valence electrons. The Bertz CT molecular complexity index is 6870. The minimum Gasteiger partial charge on any atom is -0.455 e. The number of halogens is 7. The van der Waals surface area contributed by atoms with Gasteiger partial charge in [-0.3, -0.25) is 0 Å². The second-order valence-electron chi connectivity index (χ2n) is 31.4. The van der Waals surface area contributed by atoms with E-state index in [0.717, 1.165) is 95.8 Å². The molecule has 18 aromatic rings. The number of furan rings is 4. The van der Waals surface area contributed by atoms with Crippen molar-refractivity contribution >= 4 is 87.8 Å². The molecule has 0 aliphatic carbocycles. The van der Waals surface area contributed by atoms with Crippen molar-refractivity contribution in [3.8, 4) is 67.3 Å². The van der Waals surface area contributed by atoms with E-state index < -0.39 is 29.1 Å². The van der Waals surface area contributed by atoms with Crippen LogP contribution in [0.15, 0.2) is 243 Å². The van der Waals surface area contributed by atoms with Gasteiger partial charge in [-0.25, -0.2) is 49.0 Å². The molecule has 0 saturated heterocycles. The van der Waals surface area contributed by atoms with E-state index in [9.17, 15) is 22.0 Å². The van der Waals surface area contributed by atoms with Gasteiger partial charge < -0.3 is 17.7 Å². The highest BCUT2D eigenvalue weighted by molar-refractivity contribution is 6.16. The molecule has 0 N–H and O–H groups in total. The van der Waals surface area contributed by atoms with Crippen LogP contribution in [0.4, 0.5) is 30.7 Å². The molecule has 0 spiro atoms. The Balaban J connectivity index is 0.000000121. The Morgan fingerprint density at radius 2 is 0.652 bits per heavy atom. The molecule has 0 aliphatic rings. The molecule has 0 atom stereocenters. The third-order valence-corrected chi connectivity index (χ3v) is 22.2. The number of fused-ring (bicyclic) bond motifs is 12. The zero-order valence-electron chi connectivity index (χ0n) is 67.2. The van der Waals surface area contributed by atoms with E-state index in [2.05, 4.69) is 152 Å². The molecule has 0 saturated carbocycles. The quantitative estimate of drug-likeness (QED) is 0.101. The molecule has 0 bridgehead atoms. The van der Waals surface area contributed by atoms with Gasteiger partial charge in [0, 0.05) is 98.7 Å². The van der Waals surface area contributed by atoms with Crippen molar-refractivity contribution in [2.75, 3.05) is 0 Å². The summed E-state index contributed by atoms with van der Waals surface area (Å²) < 4.78 is 135. The predicted molar refractivity (Wildman–Crippen MR) is 447 cm³/mol. The van der Waals surface area contributed by atoms with Crippen molar-refractivity contribution in [1.82, 2.24) is 0 Å². The Hall–Kier alpha value is -12.5. The van der Waals surface area contributed by atoms with Gasteiger partial charge in [0.2, 0.25) is 22.8 Å². The van der Waals surface area contributed by atoms with E-state index in [1.165, 1.54) is 46.5 Å². The molecule has 8 nitrogen and oxygen atoms in total. The second kappa shape index (κ2) is 31.1. The zero-order chi connectivity index (χ0) is 81.4. The topological polar surface area (TPSA) is 68.1 Å². The maximum atomic E-state index is 15.3. The Kier molecular flexibility index (Phi) is 21.1. The molecule has 15 heteroatoms. The summed E-state index contributed by atoms with van der Waals surface area (Å²) in [5.41, 5.74) is 22.3. The first-order valence-corrected chi connectivity index (χ1v) is 38.8. The zero-order valence-corrected chi connectivity index (χ0v) is 67.2. The van der Waals surface area contributed by atoms with Gasteiger partial charge in [-0.15, -0.1) is 0 Å². The summed E-state index contributed by atoms with van der Waals surface area (Å²) in [4.78, 5) is 0. The van der Waals surface area contributed by atoms with Crippen LogP contribution >= 0.6 is 0 Å². The SMILES string of the molecule is Cc1cc(F)c2c(oc3c(-c4ccccc4)c(F)ccc32)c1-c1cc(C(C)C)cc[n+]1C.Cc1ccc2c(oc3c(-c4ccccc4)c(F)cc(F)c32)c1-c1cc(C(C)C)cc[n+]1C.Cc1ccc2c(oc3cc(F)cc(F)c32)c1-c1ccc(C(C)C)c[n+]1C.Cc1ccc2c(oc3cc(F)ccc32)c1-c1ccc(C(C)C)c[n+]1C. The van der Waals surface area contributed by atoms with Crippen LogP contribution in [0.25, 0.3) is 155 Å². The lowest BCUT2D eigenvalue weighted by Gasteiger charge is -2.09. The van der Waals surface area contributed by atoms with Gasteiger partial charge in [0.1, 0.15) is 108 Å². The van der Waals surface area contributed by atoms with E-state index in [1.807, 2.05) is 136 Å². The molecule has 10 aromatic carbocycles. The van der Waals surface area contributed by atoms with E-state index >= 15 is 8.78 Å². The molecule has 18 rings (SSSR count). The average Bonchev–Trinajstić information content (AvgIpc) is 1.59. The number of hydrogen-bond acceptors (Lipinski definition) is 4. The average molecular weight is 1540 g/mol. The molecule has 0 aliphatic heterocycles. The van der Waals surface area contributed by atoms with Crippen molar-refractivity contribution < 1.29 is 66.7 Å². The summed E-state index contributed by atoms with van der Waals surface area (Å²) in [6.45, 7) is 25.2. The van der Waals surface area contributed by atoms with Crippen LogP contribution in [0.5, 0.6) is 0 Å². The molecular formula is C100H89F7N4O4+4. The largest absolute Gasteiger partial charge is 0.455 e. The maximum Gasteiger partial charge on any atom is 0.216 e. The van der Waals surface area contributed by atoms with Crippen LogP contribution in [0, 0.1) is 68.4 Å². The second-order valence-corrected chi connectivity index (χ2v) is 31.4. The van der Waals surface area contributed by atoms with Crippen LogP contribution in [0.1, 0.15) is 124 Å². The number of pyridine rings is 4. The number of aryl methyl sites for hydroxylation is 8. The van der Waals surface area contributed by atoms with E-state index in [1.54, 1.807) is 30.3 Å². The highest BCUT2D eigenvalue weighted by atomic mass is 19.2. The number of benzene rings is 10. The normalized spacial score (nSPS) is 11.7. The number of nitrogens with zero attached hydrogens (tertiary/aromatic N) is 4. The van der Waals surface area contributed by atoms with Crippen molar-refractivity contribution in [3.05, 3.63) is 310 Å². The molecule has 8 heterocycles. The van der Waals surface area contributed by atoms with Crippen molar-refractivity contribution in [3.63, 3.8) is 0 Å². The van der Waals surface area contributed by atoms with Crippen molar-refractivity contribution in [2.45, 2.75) is 107 Å². The fraction of sp³-hybridized carbons (Fsp3) is 0.200. The van der Waals surface area contributed by atoms with Crippen LogP contribution in [-0.2, 0) is 28.2 Å². The van der Waals surface area contributed by atoms with Gasteiger partial charge in [-0.2, -0.15) is 0 Å². The smallest absolute Gasteiger partial charge is 0.216 e. The van der Waals surface area contributed by atoms with Crippen LogP contribution in [0.3, 0.4) is 0 Å². The van der Waals surface area contributed by atoms with Crippen LogP contribution in [0.2, 0.25) is 0 Å². The third-order valence-electron chi connectivity index (χ3n) is 22.2. The summed E-state index contributed by atoms with van der Waals surface area (Å²) in [7, 11) is 7.99. The number of hydrogen-bond donors (Lipinski definition) is 0. The van der Waals surface area contributed by atoms with E-state index in [0.29, 0.717) is 101 Å². The lowest BCUT2D eigenvalue weighted by Crippen LogP contribution is -2.31. The lowest BCUT2D eigenvalue weighted by atomic mass is 9.96. The first kappa shape index (κ1) is 77.8. The van der Waals surface area contributed by atoms with Gasteiger partial charge >= 0.3 is 0 Å². The Morgan fingerprint density at radius 3 is 1.16 bits per heavy atom. The Labute approximate surface area is 663 Å². The minimum absolute atomic E-state index is 0.228. The first-order valence-electron chi connectivity index (χ1n) is 38.8. The summed E-state index contributed by atoms with van der Waals surface area (Å²) in [5, 5.41) is 4.85. The lowest BCUT2D eigenvalue weighted by molar-refractivity contribution is -0.661. The van der Waals surface area contributed by atoms with Gasteiger partial charge in [0.05, 0.1) is 49.5 Å². The fourth-order valence-corrected chi connectivity index (χ4v) is 15.9. The van der Waals surface area contributed by atoms with Gasteiger partial charge in [0.25, 0.3) is 0 Å². The summed E-state index contributed by atoms with van der Waals surface area (Å²) >= 11 is 0. The summed E-state index contributed by atoms with van der Waals surface area (Å²) in [5.74, 6) is -1.92. The minimum atomic E-state index is -0.640. The number of rotatable bonds is 10. The van der Waals surface area contributed by atoms with Crippen LogP contribution in [-0.4, -0.2) is 0 Å². The standard InChI is InChI=1S/2C28H24F2NO.C22H20F2NO.C22H21FNO/c1-16(2)19-12-13-31(4)23(15-19)24-17(3)14-22(30)26-20-10-11-21(29)25(27(20)32-28(24)26)18-8-6-5-7-9-18;1-16(2)19-12-13-31(4)23(14-19)24-17(3)10-11-20-26-22(30)15-21(29)25(28(26)32-27(20)24)18-8-6-5-7-9-18;1-12(2)14-6-8-18(25(4)11-14)20-13(3)5-7-16-21-17(24)9-15(23)10-19(21)26-22(16)20;1-13(2)15-6-10-19(24(4)12-15)21-14(3)5-8-18-17-9-7-16(23)11-20(17)25-22(18)21/h2*5-16H,1-4H3;5-12H,1-4H3;5-13H,1-4H3/q4*+1. The van der Waals surface area contributed by atoms with E-state index in [4.69, 9.17) is 17.7 Å². The first-order chi connectivity index (χ1) is 55.0. The molecular weight excluding hydrogens is 1450 g/mol. The number of aromatic nitrogens is 4. The van der Waals surface area contributed by atoms with Gasteiger partial charge in [-0.1, -0.05) is 152 Å². The molecule has 0 amide bonds. The predicted octanol–water partition coefficient (Wildman–Crippen LogP) is 26.3. The van der Waals surface area contributed by atoms with Crippen molar-refractivity contribution in [2.24, 2.45) is 28.2 Å². The van der Waals surface area contributed by atoms with E-state index in [-0.39, 0.29) is 28.4 Å². The summed E-state index contributed by atoms with van der Waals surface area (Å²) in [6, 6.07) is 59.4. The van der Waals surface area contributed by atoms with Gasteiger partial charge in [0.15, 0.2) is 30.4 Å². The molecule has 8 aromatic heterocycles. The highest BCUT2D eigenvalue weighted by Gasteiger charge is 2.31. The highest BCUT2D eigenvalue weighted by Crippen LogP contribution is 2.47. The fourth-order valence-electron chi connectivity index (χ4n) is 15.9. The molecule has 0 radical (unpaired) electrons. The summed E-state index contributed by atoms with van der Waals surface area (Å²) in [6.07, 6.45) is 8.31.